The molecule has 2 N–H and O–H groups in total. The highest BCUT2D eigenvalue weighted by atomic mass is 79.9. The van der Waals surface area contributed by atoms with Crippen molar-refractivity contribution in [3.05, 3.63) is 57.7 Å². The number of carboxylic acids is 1. The second kappa shape index (κ2) is 5.83. The lowest BCUT2D eigenvalue weighted by Crippen LogP contribution is -2.17. The summed E-state index contributed by atoms with van der Waals surface area (Å²) >= 11 is 3.22. The van der Waals surface area contributed by atoms with Crippen LogP contribution in [-0.4, -0.2) is 22.0 Å². The van der Waals surface area contributed by atoms with Gasteiger partial charge in [-0.3, -0.25) is 4.79 Å². The summed E-state index contributed by atoms with van der Waals surface area (Å²) in [4.78, 5) is 27.4. The minimum atomic E-state index is -1.15. The Hall–Kier alpha value is -2.21. The molecular formula is C14H11BrN2O3. The number of nitrogens with one attached hydrogen (secondary N) is 1. The Labute approximate surface area is 123 Å². The van der Waals surface area contributed by atoms with Crippen molar-refractivity contribution in [1.82, 2.24) is 4.98 Å². The first kappa shape index (κ1) is 14.2. The average Bonchev–Trinajstić information content (AvgIpc) is 2.38. The summed E-state index contributed by atoms with van der Waals surface area (Å²) < 4.78 is 0.629. The Balaban J connectivity index is 2.34. The molecule has 2 aromatic rings. The molecule has 0 aliphatic carbocycles. The summed E-state index contributed by atoms with van der Waals surface area (Å²) in [5.41, 5.74) is 0.782. The molecule has 0 saturated heterocycles. The van der Waals surface area contributed by atoms with Gasteiger partial charge in [0.15, 0.2) is 0 Å². The predicted molar refractivity (Wildman–Crippen MR) is 78.0 cm³/mol. The van der Waals surface area contributed by atoms with Gasteiger partial charge in [0.2, 0.25) is 0 Å². The number of carbonyl (C=O) groups excluding carboxylic acids is 1. The molecule has 0 unspecified atom stereocenters. The molecular weight excluding hydrogens is 324 g/mol. The minimum Gasteiger partial charge on any atom is -0.478 e. The van der Waals surface area contributed by atoms with Crippen LogP contribution in [-0.2, 0) is 0 Å². The first-order valence-electron chi connectivity index (χ1n) is 5.75. The number of hydrogen-bond donors (Lipinski definition) is 2. The van der Waals surface area contributed by atoms with Gasteiger partial charge in [-0.15, -0.1) is 0 Å². The molecule has 1 aromatic heterocycles. The Morgan fingerprint density at radius 3 is 2.60 bits per heavy atom. The zero-order valence-electron chi connectivity index (χ0n) is 10.6. The van der Waals surface area contributed by atoms with E-state index in [0.717, 1.165) is 5.69 Å². The highest BCUT2D eigenvalue weighted by Gasteiger charge is 2.17. The zero-order chi connectivity index (χ0) is 14.7. The van der Waals surface area contributed by atoms with Crippen molar-refractivity contribution in [2.45, 2.75) is 6.92 Å². The number of aromatic nitrogens is 1. The van der Waals surface area contributed by atoms with Crippen molar-refractivity contribution in [1.29, 1.82) is 0 Å². The summed E-state index contributed by atoms with van der Waals surface area (Å²) in [7, 11) is 0. The molecule has 5 nitrogen and oxygen atoms in total. The number of anilines is 1. The number of benzene rings is 1. The predicted octanol–water partition coefficient (Wildman–Crippen LogP) is 3.10. The monoisotopic (exact) mass is 334 g/mol. The third-order valence-electron chi connectivity index (χ3n) is 2.59. The summed E-state index contributed by atoms with van der Waals surface area (Å²) in [5.74, 6) is -1.28. The second-order valence-electron chi connectivity index (χ2n) is 4.11. The Kier molecular flexibility index (Phi) is 4.14. The molecule has 1 heterocycles. The van der Waals surface area contributed by atoms with Gasteiger partial charge < -0.3 is 10.4 Å². The molecule has 0 saturated carbocycles. The standard InChI is InChI=1S/C14H11BrN2O3/c1-8-3-2-4-12(16-8)17-13(18)11-7-9(15)5-6-10(11)14(19)20/h2-7H,1H3,(H,19,20)(H,16,17,18). The van der Waals surface area contributed by atoms with Crippen LogP contribution < -0.4 is 5.32 Å². The highest BCUT2D eigenvalue weighted by molar-refractivity contribution is 9.10. The Morgan fingerprint density at radius 1 is 1.20 bits per heavy atom. The minimum absolute atomic E-state index is 0.0571. The first-order valence-corrected chi connectivity index (χ1v) is 6.54. The molecule has 0 aliphatic rings. The third-order valence-corrected chi connectivity index (χ3v) is 3.08. The molecule has 102 valence electrons. The molecule has 0 fully saturated rings. The molecule has 0 atom stereocenters. The third kappa shape index (κ3) is 3.21. The lowest BCUT2D eigenvalue weighted by Gasteiger charge is -2.08. The van der Waals surface area contributed by atoms with Crippen molar-refractivity contribution >= 4 is 33.6 Å². The highest BCUT2D eigenvalue weighted by Crippen LogP contribution is 2.18. The van der Waals surface area contributed by atoms with E-state index in [1.54, 1.807) is 31.2 Å². The Morgan fingerprint density at radius 2 is 1.95 bits per heavy atom. The van der Waals surface area contributed by atoms with Crippen LogP contribution in [0.2, 0.25) is 0 Å². The normalized spacial score (nSPS) is 10.1. The topological polar surface area (TPSA) is 79.3 Å². The van der Waals surface area contributed by atoms with Crippen LogP contribution in [0, 0.1) is 6.92 Å². The van der Waals surface area contributed by atoms with Crippen molar-refractivity contribution in [2.24, 2.45) is 0 Å². The van der Waals surface area contributed by atoms with Crippen LogP contribution >= 0.6 is 15.9 Å². The van der Waals surface area contributed by atoms with Crippen LogP contribution in [0.25, 0.3) is 0 Å². The molecule has 1 amide bonds. The van der Waals surface area contributed by atoms with Crippen LogP contribution in [0.1, 0.15) is 26.4 Å². The van der Waals surface area contributed by atoms with Gasteiger partial charge in [0.25, 0.3) is 5.91 Å². The van der Waals surface area contributed by atoms with E-state index in [1.165, 1.54) is 12.1 Å². The van der Waals surface area contributed by atoms with E-state index >= 15 is 0 Å². The second-order valence-corrected chi connectivity index (χ2v) is 5.03. The largest absolute Gasteiger partial charge is 0.478 e. The van der Waals surface area contributed by atoms with Crippen LogP contribution in [0.3, 0.4) is 0 Å². The van der Waals surface area contributed by atoms with E-state index in [9.17, 15) is 9.59 Å². The van der Waals surface area contributed by atoms with Gasteiger partial charge >= 0.3 is 5.97 Å². The number of pyridine rings is 1. The fourth-order valence-corrected chi connectivity index (χ4v) is 2.05. The van der Waals surface area contributed by atoms with Gasteiger partial charge in [-0.25, -0.2) is 9.78 Å². The molecule has 6 heteroatoms. The van der Waals surface area contributed by atoms with E-state index in [-0.39, 0.29) is 11.1 Å². The van der Waals surface area contributed by atoms with Gasteiger partial charge in [-0.2, -0.15) is 0 Å². The SMILES string of the molecule is Cc1cccc(NC(=O)c2cc(Br)ccc2C(=O)O)n1. The van der Waals surface area contributed by atoms with Crippen LogP contribution in [0.15, 0.2) is 40.9 Å². The number of amides is 1. The number of carbonyl (C=O) groups is 2. The van der Waals surface area contributed by atoms with E-state index < -0.39 is 11.9 Å². The first-order chi connectivity index (χ1) is 9.47. The van der Waals surface area contributed by atoms with Gasteiger partial charge in [0.05, 0.1) is 11.1 Å². The number of carboxylic acid groups (broad SMARTS) is 1. The van der Waals surface area contributed by atoms with Crippen LogP contribution in [0.4, 0.5) is 5.82 Å². The molecule has 0 aliphatic heterocycles. The molecule has 1 aromatic carbocycles. The number of aromatic carboxylic acids is 1. The number of aryl methyl sites for hydroxylation is 1. The summed E-state index contributed by atoms with van der Waals surface area (Å²) in [6.07, 6.45) is 0. The number of nitrogens with zero attached hydrogens (tertiary/aromatic N) is 1. The maximum atomic E-state index is 12.2. The number of hydrogen-bond acceptors (Lipinski definition) is 3. The van der Waals surface area contributed by atoms with E-state index in [1.807, 2.05) is 0 Å². The molecule has 2 rings (SSSR count). The maximum Gasteiger partial charge on any atom is 0.336 e. The molecule has 20 heavy (non-hydrogen) atoms. The molecule has 0 spiro atoms. The maximum absolute atomic E-state index is 12.2. The summed E-state index contributed by atoms with van der Waals surface area (Å²) in [6.45, 7) is 1.80. The number of halogens is 1. The van der Waals surface area contributed by atoms with Gasteiger partial charge in [0, 0.05) is 10.2 Å². The summed E-state index contributed by atoms with van der Waals surface area (Å²) in [6, 6.07) is 9.63. The number of rotatable bonds is 3. The van der Waals surface area contributed by atoms with Gasteiger partial charge in [-0.05, 0) is 37.3 Å². The van der Waals surface area contributed by atoms with E-state index in [2.05, 4.69) is 26.2 Å². The van der Waals surface area contributed by atoms with Crippen molar-refractivity contribution in [2.75, 3.05) is 5.32 Å². The zero-order valence-corrected chi connectivity index (χ0v) is 12.1. The van der Waals surface area contributed by atoms with Crippen molar-refractivity contribution in [3.8, 4) is 0 Å². The van der Waals surface area contributed by atoms with Gasteiger partial charge in [-0.1, -0.05) is 22.0 Å². The van der Waals surface area contributed by atoms with E-state index in [4.69, 9.17) is 5.11 Å². The van der Waals surface area contributed by atoms with Gasteiger partial charge in [0.1, 0.15) is 5.82 Å². The molecule has 0 radical (unpaired) electrons. The lowest BCUT2D eigenvalue weighted by molar-refractivity contribution is 0.0692. The molecule has 0 bridgehead atoms. The average molecular weight is 335 g/mol. The fraction of sp³-hybridized carbons (Fsp3) is 0.0714. The summed E-state index contributed by atoms with van der Waals surface area (Å²) in [5, 5.41) is 11.7. The van der Waals surface area contributed by atoms with E-state index in [0.29, 0.717) is 10.3 Å². The lowest BCUT2D eigenvalue weighted by atomic mass is 10.1. The van der Waals surface area contributed by atoms with Crippen molar-refractivity contribution < 1.29 is 14.7 Å². The Bertz CT molecular complexity index is 686. The van der Waals surface area contributed by atoms with Crippen LogP contribution in [0.5, 0.6) is 0 Å². The fourth-order valence-electron chi connectivity index (χ4n) is 1.69. The van der Waals surface area contributed by atoms with Crippen molar-refractivity contribution in [3.63, 3.8) is 0 Å². The smallest absolute Gasteiger partial charge is 0.336 e. The quantitative estimate of drug-likeness (QED) is 0.903.